The molecule has 0 aromatic rings. The van der Waals surface area contributed by atoms with Gasteiger partial charge in [0, 0.05) is 19.3 Å². The maximum atomic E-state index is 12.5. The van der Waals surface area contributed by atoms with Gasteiger partial charge < -0.3 is 14.2 Å². The topological polar surface area (TPSA) is 78.9 Å². The Labute approximate surface area is 342 Å². The zero-order valence-electron chi connectivity index (χ0n) is 37.6. The van der Waals surface area contributed by atoms with E-state index in [1.54, 1.807) is 0 Å². The Bertz CT molecular complexity index is 841. The molecule has 0 amide bonds. The third-order valence-corrected chi connectivity index (χ3v) is 11.3. The number of esters is 3. The molecule has 0 saturated heterocycles. The summed E-state index contributed by atoms with van der Waals surface area (Å²) in [6.45, 7) is 11.3. The van der Waals surface area contributed by atoms with Gasteiger partial charge in [0.15, 0.2) is 6.10 Å². The summed E-state index contributed by atoms with van der Waals surface area (Å²) in [6.07, 6.45) is 41.4. The fourth-order valence-electron chi connectivity index (χ4n) is 7.25. The van der Waals surface area contributed by atoms with Gasteiger partial charge in [-0.3, -0.25) is 14.4 Å². The monoisotopic (exact) mass is 779 g/mol. The van der Waals surface area contributed by atoms with Crippen LogP contribution >= 0.6 is 0 Å². The van der Waals surface area contributed by atoms with Crippen LogP contribution in [0.5, 0.6) is 0 Å². The second-order valence-electron chi connectivity index (χ2n) is 17.5. The van der Waals surface area contributed by atoms with E-state index in [4.69, 9.17) is 14.2 Å². The van der Waals surface area contributed by atoms with Gasteiger partial charge in [0.1, 0.15) is 13.2 Å². The molecule has 0 aliphatic heterocycles. The van der Waals surface area contributed by atoms with Crippen molar-refractivity contribution < 1.29 is 28.6 Å². The van der Waals surface area contributed by atoms with Crippen molar-refractivity contribution in [1.82, 2.24) is 0 Å². The number of unbranched alkanes of at least 4 members (excludes halogenated alkanes) is 27. The Morgan fingerprint density at radius 2 is 0.691 bits per heavy atom. The number of carbonyl (C=O) groups is 3. The van der Waals surface area contributed by atoms with E-state index in [1.165, 1.54) is 148 Å². The average molecular weight is 779 g/mol. The zero-order chi connectivity index (χ0) is 40.5. The highest BCUT2D eigenvalue weighted by Crippen LogP contribution is 2.18. The van der Waals surface area contributed by atoms with Crippen molar-refractivity contribution in [2.75, 3.05) is 13.2 Å². The van der Waals surface area contributed by atoms with Gasteiger partial charge in [-0.05, 0) is 31.1 Å². The van der Waals surface area contributed by atoms with E-state index >= 15 is 0 Å². The van der Waals surface area contributed by atoms with Crippen molar-refractivity contribution in [2.45, 2.75) is 272 Å². The number of hydrogen-bond donors (Lipinski definition) is 0. The van der Waals surface area contributed by atoms with Crippen LogP contribution in [0.3, 0.4) is 0 Å². The molecule has 55 heavy (non-hydrogen) atoms. The molecular weight excluding hydrogens is 685 g/mol. The molecule has 0 aliphatic rings. The summed E-state index contributed by atoms with van der Waals surface area (Å²) < 4.78 is 16.6. The summed E-state index contributed by atoms with van der Waals surface area (Å²) in [5.74, 6) is 0.820. The van der Waals surface area contributed by atoms with Crippen LogP contribution in [0.15, 0.2) is 0 Å². The van der Waals surface area contributed by atoms with Crippen molar-refractivity contribution in [3.8, 4) is 0 Å². The highest BCUT2D eigenvalue weighted by atomic mass is 16.6. The largest absolute Gasteiger partial charge is 0.462 e. The highest BCUT2D eigenvalue weighted by Gasteiger charge is 2.19. The first-order chi connectivity index (χ1) is 26.8. The van der Waals surface area contributed by atoms with E-state index in [0.29, 0.717) is 19.3 Å². The second kappa shape index (κ2) is 42.0. The molecule has 326 valence electrons. The summed E-state index contributed by atoms with van der Waals surface area (Å²) in [4.78, 5) is 37.4. The molecular formula is C49H94O6. The van der Waals surface area contributed by atoms with Crippen molar-refractivity contribution in [3.63, 3.8) is 0 Å². The van der Waals surface area contributed by atoms with Gasteiger partial charge in [-0.15, -0.1) is 0 Å². The first kappa shape index (κ1) is 53.4. The van der Waals surface area contributed by atoms with Gasteiger partial charge in [0.25, 0.3) is 0 Å². The van der Waals surface area contributed by atoms with Crippen LogP contribution in [0, 0.1) is 11.8 Å². The Kier molecular flexibility index (Phi) is 40.8. The summed E-state index contributed by atoms with van der Waals surface area (Å²) >= 11 is 0. The van der Waals surface area contributed by atoms with E-state index in [2.05, 4.69) is 34.6 Å². The average Bonchev–Trinajstić information content (AvgIpc) is 3.17. The smallest absolute Gasteiger partial charge is 0.306 e. The van der Waals surface area contributed by atoms with Crippen LogP contribution in [0.4, 0.5) is 0 Å². The molecule has 0 N–H and O–H groups in total. The van der Waals surface area contributed by atoms with E-state index in [0.717, 1.165) is 76.0 Å². The number of carbonyl (C=O) groups excluding carboxylic acids is 3. The Hall–Kier alpha value is -1.59. The number of hydrogen-bond acceptors (Lipinski definition) is 6. The lowest BCUT2D eigenvalue weighted by Crippen LogP contribution is -2.30. The first-order valence-electron chi connectivity index (χ1n) is 24.3. The van der Waals surface area contributed by atoms with Gasteiger partial charge in [0.2, 0.25) is 0 Å². The molecule has 6 nitrogen and oxygen atoms in total. The van der Waals surface area contributed by atoms with E-state index in [9.17, 15) is 14.4 Å². The molecule has 0 aromatic heterocycles. The van der Waals surface area contributed by atoms with Crippen LogP contribution in [0.2, 0.25) is 0 Å². The quantitative estimate of drug-likeness (QED) is 0.0348. The Morgan fingerprint density at radius 1 is 0.382 bits per heavy atom. The Morgan fingerprint density at radius 3 is 1.04 bits per heavy atom. The molecule has 1 unspecified atom stereocenters. The fraction of sp³-hybridized carbons (Fsp3) is 0.939. The lowest BCUT2D eigenvalue weighted by molar-refractivity contribution is -0.167. The first-order valence-corrected chi connectivity index (χ1v) is 24.3. The van der Waals surface area contributed by atoms with E-state index in [1.807, 2.05) is 0 Å². The molecule has 0 heterocycles. The maximum Gasteiger partial charge on any atom is 0.306 e. The lowest BCUT2D eigenvalue weighted by atomic mass is 9.99. The van der Waals surface area contributed by atoms with Gasteiger partial charge in [-0.25, -0.2) is 0 Å². The minimum absolute atomic E-state index is 0.0662. The van der Waals surface area contributed by atoms with Gasteiger partial charge in [-0.1, -0.05) is 227 Å². The minimum Gasteiger partial charge on any atom is -0.462 e. The third-order valence-electron chi connectivity index (χ3n) is 11.3. The lowest BCUT2D eigenvalue weighted by Gasteiger charge is -2.18. The van der Waals surface area contributed by atoms with Crippen molar-refractivity contribution in [3.05, 3.63) is 0 Å². The molecule has 2 atom stereocenters. The van der Waals surface area contributed by atoms with Gasteiger partial charge in [-0.2, -0.15) is 0 Å². The number of ether oxygens (including phenoxy) is 3. The molecule has 0 saturated carbocycles. The summed E-state index contributed by atoms with van der Waals surface area (Å²) in [5, 5.41) is 0. The van der Waals surface area contributed by atoms with Gasteiger partial charge >= 0.3 is 17.9 Å². The van der Waals surface area contributed by atoms with Crippen LogP contribution in [-0.2, 0) is 28.6 Å². The summed E-state index contributed by atoms with van der Waals surface area (Å²) in [6, 6.07) is 0. The van der Waals surface area contributed by atoms with E-state index < -0.39 is 6.10 Å². The molecule has 0 aromatic carbocycles. The molecule has 0 radical (unpaired) electrons. The van der Waals surface area contributed by atoms with Crippen LogP contribution in [0.1, 0.15) is 266 Å². The number of rotatable bonds is 43. The molecule has 0 spiro atoms. The molecule has 0 fully saturated rings. The van der Waals surface area contributed by atoms with Crippen molar-refractivity contribution in [2.24, 2.45) is 11.8 Å². The minimum atomic E-state index is -0.759. The van der Waals surface area contributed by atoms with E-state index in [-0.39, 0.29) is 31.1 Å². The van der Waals surface area contributed by atoms with Crippen LogP contribution < -0.4 is 0 Å². The maximum absolute atomic E-state index is 12.5. The molecule has 0 bridgehead atoms. The predicted octanol–water partition coefficient (Wildman–Crippen LogP) is 15.4. The molecule has 0 rings (SSSR count). The normalized spacial score (nSPS) is 12.5. The third kappa shape index (κ3) is 41.9. The van der Waals surface area contributed by atoms with Crippen molar-refractivity contribution >= 4 is 17.9 Å². The molecule has 0 aliphatic carbocycles. The second-order valence-corrected chi connectivity index (χ2v) is 17.5. The van der Waals surface area contributed by atoms with Crippen LogP contribution in [0.25, 0.3) is 0 Å². The zero-order valence-corrected chi connectivity index (χ0v) is 37.6. The Balaban J connectivity index is 4.00. The SMILES string of the molecule is CCCCCCCC(=O)O[C@H](COC(=O)CCCCCCCCCCCCCCCCCCCCC(C)CC)COC(=O)CCCCCCCCCC(C)C. The predicted molar refractivity (Wildman–Crippen MR) is 233 cm³/mol. The highest BCUT2D eigenvalue weighted by molar-refractivity contribution is 5.71. The summed E-state index contributed by atoms with van der Waals surface area (Å²) in [7, 11) is 0. The summed E-state index contributed by atoms with van der Waals surface area (Å²) in [5.41, 5.74) is 0. The fourth-order valence-corrected chi connectivity index (χ4v) is 7.25. The van der Waals surface area contributed by atoms with Gasteiger partial charge in [0.05, 0.1) is 0 Å². The van der Waals surface area contributed by atoms with Crippen LogP contribution in [-0.4, -0.2) is 37.2 Å². The molecule has 6 heteroatoms. The van der Waals surface area contributed by atoms with Crippen molar-refractivity contribution in [1.29, 1.82) is 0 Å². The standard InChI is InChI=1S/C49H94O6/c1-6-8-9-27-36-41-49(52)55-46(43-54-48(51)40-35-31-26-22-23-28-32-37-44(3)4)42-53-47(50)39-34-30-25-21-19-17-15-13-11-10-12-14-16-18-20-24-29-33-38-45(5)7-2/h44-46H,6-43H2,1-5H3/t45?,46-/m1/s1.